The molecule has 1 aromatic carbocycles. The van der Waals surface area contributed by atoms with E-state index >= 15 is 0 Å². The highest BCUT2D eigenvalue weighted by molar-refractivity contribution is 7.10. The molecule has 0 bridgehead atoms. The summed E-state index contributed by atoms with van der Waals surface area (Å²) in [4.78, 5) is 24.9. The quantitative estimate of drug-likeness (QED) is 0.622. The molecule has 0 saturated heterocycles. The first-order valence-electron chi connectivity index (χ1n) is 7.20. The zero-order valence-corrected chi connectivity index (χ0v) is 13.6. The molecule has 0 aliphatic carbocycles. The molecule has 0 unspecified atom stereocenters. The molecule has 118 valence electrons. The molecule has 0 spiro atoms. The lowest BCUT2D eigenvalue weighted by molar-refractivity contribution is -0.115. The number of amides is 2. The van der Waals surface area contributed by atoms with Crippen LogP contribution in [0.25, 0.3) is 0 Å². The molecule has 0 saturated carbocycles. The van der Waals surface area contributed by atoms with Crippen molar-refractivity contribution in [2.45, 2.75) is 13.3 Å². The van der Waals surface area contributed by atoms with Crippen LogP contribution in [0, 0.1) is 0 Å². The van der Waals surface area contributed by atoms with Crippen molar-refractivity contribution < 1.29 is 9.59 Å². The molecule has 23 heavy (non-hydrogen) atoms. The van der Waals surface area contributed by atoms with Crippen molar-refractivity contribution in [1.82, 2.24) is 0 Å². The third kappa shape index (κ3) is 5.56. The van der Waals surface area contributed by atoms with E-state index in [4.69, 9.17) is 0 Å². The monoisotopic (exact) mass is 326 g/mol. The Kier molecular flexibility index (Phi) is 6.32. The predicted octanol–water partition coefficient (Wildman–Crippen LogP) is 4.00. The second kappa shape index (κ2) is 8.70. The first-order valence-corrected chi connectivity index (χ1v) is 8.08. The number of hydrogen-bond donors (Lipinski definition) is 2. The van der Waals surface area contributed by atoms with Crippen molar-refractivity contribution in [3.05, 3.63) is 71.0 Å². The summed E-state index contributed by atoms with van der Waals surface area (Å²) in [5, 5.41) is 7.54. The second-order valence-electron chi connectivity index (χ2n) is 4.72. The van der Waals surface area contributed by atoms with Gasteiger partial charge in [0.1, 0.15) is 0 Å². The number of para-hydroxylation sites is 2. The van der Waals surface area contributed by atoms with Gasteiger partial charge in [0.25, 0.3) is 0 Å². The normalized spacial score (nSPS) is 11.0. The molecule has 0 aliphatic rings. The summed E-state index contributed by atoms with van der Waals surface area (Å²) in [5.41, 5.74) is 1.16. The van der Waals surface area contributed by atoms with E-state index in [-0.39, 0.29) is 11.8 Å². The smallest absolute Gasteiger partial charge is 0.248 e. The third-order valence-corrected chi connectivity index (χ3v) is 3.80. The Bertz CT molecular complexity index is 718. The minimum absolute atomic E-state index is 0.112. The number of rotatable bonds is 6. The molecular weight excluding hydrogens is 308 g/mol. The van der Waals surface area contributed by atoms with Gasteiger partial charge in [0.05, 0.1) is 17.8 Å². The van der Waals surface area contributed by atoms with Crippen LogP contribution < -0.4 is 10.6 Å². The number of benzene rings is 1. The summed E-state index contributed by atoms with van der Waals surface area (Å²) in [7, 11) is 0. The number of nitrogens with one attached hydrogen (secondary N) is 2. The van der Waals surface area contributed by atoms with Gasteiger partial charge in [0.15, 0.2) is 0 Å². The predicted molar refractivity (Wildman–Crippen MR) is 95.7 cm³/mol. The number of allylic oxidation sites excluding steroid dienone is 3. The summed E-state index contributed by atoms with van der Waals surface area (Å²) in [6.07, 6.45) is 7.02. The van der Waals surface area contributed by atoms with Gasteiger partial charge < -0.3 is 10.6 Å². The van der Waals surface area contributed by atoms with E-state index in [0.29, 0.717) is 17.8 Å². The average molecular weight is 326 g/mol. The van der Waals surface area contributed by atoms with Gasteiger partial charge in [-0.25, -0.2) is 0 Å². The Hall–Kier alpha value is -2.66. The van der Waals surface area contributed by atoms with E-state index in [1.165, 1.54) is 6.08 Å². The number of thiophene rings is 1. The van der Waals surface area contributed by atoms with Crippen LogP contribution in [0.5, 0.6) is 0 Å². The number of carbonyl (C=O) groups is 2. The topological polar surface area (TPSA) is 58.2 Å². The molecule has 0 aliphatic heterocycles. The summed E-state index contributed by atoms with van der Waals surface area (Å²) >= 11 is 1.54. The van der Waals surface area contributed by atoms with Crippen LogP contribution >= 0.6 is 11.3 Å². The van der Waals surface area contributed by atoms with Crippen LogP contribution in [-0.4, -0.2) is 11.8 Å². The standard InChI is InChI=1S/C18H18N2O2S/c1-2-3-4-11-17(21)19-15-9-5-6-10-16(15)20-18(22)13-14-8-7-12-23-14/h2-12H,13H2,1H3,(H,19,21)(H,20,22)/b3-2+,11-4-. The molecule has 4 nitrogen and oxygen atoms in total. The van der Waals surface area contributed by atoms with Gasteiger partial charge in [-0.1, -0.05) is 36.4 Å². The van der Waals surface area contributed by atoms with Crippen LogP contribution in [0.4, 0.5) is 11.4 Å². The Morgan fingerprint density at radius 3 is 2.43 bits per heavy atom. The lowest BCUT2D eigenvalue weighted by Crippen LogP contribution is -2.16. The maximum atomic E-state index is 12.1. The van der Waals surface area contributed by atoms with E-state index in [9.17, 15) is 9.59 Å². The van der Waals surface area contributed by atoms with Gasteiger partial charge in [-0.05, 0) is 30.5 Å². The van der Waals surface area contributed by atoms with Crippen LogP contribution in [0.15, 0.2) is 66.1 Å². The fourth-order valence-electron chi connectivity index (χ4n) is 1.90. The summed E-state index contributed by atoms with van der Waals surface area (Å²) in [6, 6.07) is 11.0. The number of hydrogen-bond acceptors (Lipinski definition) is 3. The average Bonchev–Trinajstić information content (AvgIpc) is 3.02. The van der Waals surface area contributed by atoms with Crippen LogP contribution in [0.1, 0.15) is 11.8 Å². The number of carbonyl (C=O) groups excluding carboxylic acids is 2. The first kappa shape index (κ1) is 16.7. The zero-order valence-electron chi connectivity index (χ0n) is 12.8. The zero-order chi connectivity index (χ0) is 16.5. The van der Waals surface area contributed by atoms with Gasteiger partial charge in [0, 0.05) is 11.0 Å². The molecule has 0 fully saturated rings. The van der Waals surface area contributed by atoms with Crippen molar-refractivity contribution in [2.24, 2.45) is 0 Å². The maximum Gasteiger partial charge on any atom is 0.248 e. The minimum atomic E-state index is -0.247. The summed E-state index contributed by atoms with van der Waals surface area (Å²) in [5.74, 6) is -0.360. The SMILES string of the molecule is C/C=C/C=C\C(=O)Nc1ccccc1NC(=O)Cc1cccs1. The highest BCUT2D eigenvalue weighted by atomic mass is 32.1. The Morgan fingerprint density at radius 2 is 1.78 bits per heavy atom. The molecule has 2 aromatic rings. The number of anilines is 2. The van der Waals surface area contributed by atoms with Gasteiger partial charge in [-0.3, -0.25) is 9.59 Å². The van der Waals surface area contributed by atoms with Crippen molar-refractivity contribution in [2.75, 3.05) is 10.6 Å². The summed E-state index contributed by atoms with van der Waals surface area (Å²) < 4.78 is 0. The van der Waals surface area contributed by atoms with Crippen molar-refractivity contribution in [3.8, 4) is 0 Å². The first-order chi connectivity index (χ1) is 11.2. The fraction of sp³-hybridized carbons (Fsp3) is 0.111. The molecule has 0 atom stereocenters. The van der Waals surface area contributed by atoms with Gasteiger partial charge in [-0.2, -0.15) is 0 Å². The van der Waals surface area contributed by atoms with Crippen LogP contribution in [0.3, 0.4) is 0 Å². The fourth-order valence-corrected chi connectivity index (χ4v) is 2.60. The molecule has 2 rings (SSSR count). The molecule has 0 radical (unpaired) electrons. The van der Waals surface area contributed by atoms with Crippen LogP contribution in [0.2, 0.25) is 0 Å². The highest BCUT2D eigenvalue weighted by Gasteiger charge is 2.09. The van der Waals surface area contributed by atoms with Crippen molar-refractivity contribution in [1.29, 1.82) is 0 Å². The third-order valence-electron chi connectivity index (χ3n) is 2.93. The molecule has 1 heterocycles. The second-order valence-corrected chi connectivity index (χ2v) is 5.76. The van der Waals surface area contributed by atoms with E-state index in [2.05, 4.69) is 10.6 Å². The lowest BCUT2D eigenvalue weighted by atomic mass is 10.2. The Morgan fingerprint density at radius 1 is 1.04 bits per heavy atom. The van der Waals surface area contributed by atoms with Gasteiger partial charge >= 0.3 is 0 Å². The molecule has 2 amide bonds. The molecule has 2 N–H and O–H groups in total. The minimum Gasteiger partial charge on any atom is -0.324 e. The lowest BCUT2D eigenvalue weighted by Gasteiger charge is -2.11. The van der Waals surface area contributed by atoms with Crippen molar-refractivity contribution in [3.63, 3.8) is 0 Å². The maximum absolute atomic E-state index is 12.1. The molecule has 5 heteroatoms. The van der Waals surface area contributed by atoms with E-state index in [0.717, 1.165) is 4.88 Å². The Labute approximate surface area is 139 Å². The van der Waals surface area contributed by atoms with E-state index in [1.807, 2.05) is 36.6 Å². The molecule has 1 aromatic heterocycles. The Balaban J connectivity index is 2.02. The largest absolute Gasteiger partial charge is 0.324 e. The van der Waals surface area contributed by atoms with E-state index in [1.54, 1.807) is 41.7 Å². The molecular formula is C18H18N2O2S. The van der Waals surface area contributed by atoms with Gasteiger partial charge in [-0.15, -0.1) is 11.3 Å². The van der Waals surface area contributed by atoms with Gasteiger partial charge in [0.2, 0.25) is 11.8 Å². The highest BCUT2D eigenvalue weighted by Crippen LogP contribution is 2.21. The van der Waals surface area contributed by atoms with E-state index < -0.39 is 0 Å². The summed E-state index contributed by atoms with van der Waals surface area (Å²) in [6.45, 7) is 1.88. The van der Waals surface area contributed by atoms with Crippen LogP contribution in [-0.2, 0) is 16.0 Å². The van der Waals surface area contributed by atoms with Crippen molar-refractivity contribution >= 4 is 34.5 Å².